The number of nitrogens with zero attached hydrogens (tertiary/aromatic N) is 2. The number of nitrogens with one attached hydrogen (secondary N) is 2. The Bertz CT molecular complexity index is 1030. The smallest absolute Gasteiger partial charge is 0.313 e. The molecule has 2 heterocycles. The van der Waals surface area contributed by atoms with Crippen molar-refractivity contribution in [1.29, 1.82) is 0 Å². The summed E-state index contributed by atoms with van der Waals surface area (Å²) in [7, 11) is 3.90. The maximum atomic E-state index is 12.6. The maximum Gasteiger partial charge on any atom is 0.313 e. The lowest BCUT2D eigenvalue weighted by molar-refractivity contribution is -0.136. The first-order valence-electron chi connectivity index (χ1n) is 11.1. The van der Waals surface area contributed by atoms with Gasteiger partial charge in [0.15, 0.2) is 0 Å². The number of hydrogen-bond acceptors (Lipinski definition) is 4. The van der Waals surface area contributed by atoms with E-state index in [4.69, 9.17) is 0 Å². The van der Waals surface area contributed by atoms with Crippen LogP contribution in [-0.4, -0.2) is 49.8 Å². The lowest BCUT2D eigenvalue weighted by Crippen LogP contribution is -2.41. The van der Waals surface area contributed by atoms with E-state index >= 15 is 0 Å². The zero-order chi connectivity index (χ0) is 22.8. The molecule has 3 amide bonds. The van der Waals surface area contributed by atoms with Crippen molar-refractivity contribution in [2.24, 2.45) is 0 Å². The average Bonchev–Trinajstić information content (AvgIpc) is 2.77. The molecular formula is C25H30N4O3. The fourth-order valence-electron chi connectivity index (χ4n) is 4.57. The minimum atomic E-state index is -0.682. The van der Waals surface area contributed by atoms with E-state index in [-0.39, 0.29) is 11.9 Å². The lowest BCUT2D eigenvalue weighted by Gasteiger charge is -2.35. The van der Waals surface area contributed by atoms with E-state index in [0.29, 0.717) is 25.1 Å². The van der Waals surface area contributed by atoms with Gasteiger partial charge in [0.25, 0.3) is 0 Å². The van der Waals surface area contributed by atoms with Crippen LogP contribution in [0.15, 0.2) is 36.4 Å². The van der Waals surface area contributed by atoms with Gasteiger partial charge in [0.2, 0.25) is 5.91 Å². The van der Waals surface area contributed by atoms with Crippen LogP contribution in [0.5, 0.6) is 0 Å². The summed E-state index contributed by atoms with van der Waals surface area (Å²) in [5, 5.41) is 5.52. The SMILES string of the molecule is Cc1ccc(C(CNC(=O)C(=O)Nc2cc3c4c(c2)CCC(=O)N4CCC3)N(C)C)cc1. The lowest BCUT2D eigenvalue weighted by atomic mass is 9.91. The van der Waals surface area contributed by atoms with Crippen LogP contribution in [0.25, 0.3) is 0 Å². The van der Waals surface area contributed by atoms with Crippen LogP contribution >= 0.6 is 0 Å². The third-order valence-corrected chi connectivity index (χ3v) is 6.28. The van der Waals surface area contributed by atoms with Gasteiger partial charge in [0, 0.05) is 25.2 Å². The van der Waals surface area contributed by atoms with Crippen LogP contribution in [-0.2, 0) is 27.2 Å². The fraction of sp³-hybridized carbons (Fsp3) is 0.400. The highest BCUT2D eigenvalue weighted by Gasteiger charge is 2.30. The highest BCUT2D eigenvalue weighted by molar-refractivity contribution is 6.39. The normalized spacial score (nSPS) is 15.9. The number of carbonyl (C=O) groups excluding carboxylic acids is 3. The molecule has 0 aliphatic carbocycles. The summed E-state index contributed by atoms with van der Waals surface area (Å²) in [5.74, 6) is -1.18. The molecule has 0 radical (unpaired) electrons. The molecule has 7 nitrogen and oxygen atoms in total. The maximum absolute atomic E-state index is 12.6. The number of carbonyl (C=O) groups is 3. The van der Waals surface area contributed by atoms with Crippen molar-refractivity contribution < 1.29 is 14.4 Å². The van der Waals surface area contributed by atoms with E-state index in [0.717, 1.165) is 41.8 Å². The van der Waals surface area contributed by atoms with Crippen LogP contribution in [0.3, 0.4) is 0 Å². The predicted octanol–water partition coefficient (Wildman–Crippen LogP) is 2.58. The highest BCUT2D eigenvalue weighted by atomic mass is 16.2. The van der Waals surface area contributed by atoms with Gasteiger partial charge in [0.1, 0.15) is 0 Å². The van der Waals surface area contributed by atoms with Crippen molar-refractivity contribution in [2.75, 3.05) is 37.4 Å². The Morgan fingerprint density at radius 3 is 2.41 bits per heavy atom. The van der Waals surface area contributed by atoms with Gasteiger partial charge in [-0.1, -0.05) is 29.8 Å². The largest absolute Gasteiger partial charge is 0.346 e. The number of anilines is 2. The van der Waals surface area contributed by atoms with Crippen LogP contribution < -0.4 is 15.5 Å². The van der Waals surface area contributed by atoms with Crippen molar-refractivity contribution >= 4 is 29.1 Å². The molecule has 2 N–H and O–H groups in total. The molecule has 0 aromatic heterocycles. The Morgan fingerprint density at radius 1 is 1.03 bits per heavy atom. The topological polar surface area (TPSA) is 81.8 Å². The second-order valence-corrected chi connectivity index (χ2v) is 8.85. The van der Waals surface area contributed by atoms with Gasteiger partial charge in [-0.3, -0.25) is 14.4 Å². The molecule has 0 fully saturated rings. The Kier molecular flexibility index (Phi) is 6.28. The minimum Gasteiger partial charge on any atom is -0.346 e. The molecule has 7 heteroatoms. The molecule has 4 rings (SSSR count). The number of likely N-dealkylation sites (N-methyl/N-ethyl adjacent to an activating group) is 1. The fourth-order valence-corrected chi connectivity index (χ4v) is 4.57. The van der Waals surface area contributed by atoms with Gasteiger partial charge >= 0.3 is 11.8 Å². The van der Waals surface area contributed by atoms with Crippen LogP contribution in [0.1, 0.15) is 41.1 Å². The Balaban J connectivity index is 1.42. The van der Waals surface area contributed by atoms with Crippen LogP contribution in [0.2, 0.25) is 0 Å². The number of rotatable bonds is 5. The summed E-state index contributed by atoms with van der Waals surface area (Å²) in [6.45, 7) is 3.11. The zero-order valence-electron chi connectivity index (χ0n) is 18.9. The number of benzene rings is 2. The van der Waals surface area contributed by atoms with Gasteiger partial charge in [0.05, 0.1) is 11.7 Å². The molecule has 2 aliphatic rings. The minimum absolute atomic E-state index is 0.0379. The number of aryl methyl sites for hydroxylation is 3. The zero-order valence-corrected chi connectivity index (χ0v) is 18.9. The number of amides is 3. The molecule has 0 bridgehead atoms. The average molecular weight is 435 g/mol. The molecular weight excluding hydrogens is 404 g/mol. The Morgan fingerprint density at radius 2 is 1.72 bits per heavy atom. The quantitative estimate of drug-likeness (QED) is 0.709. The highest BCUT2D eigenvalue weighted by Crippen LogP contribution is 2.37. The van der Waals surface area contributed by atoms with Gasteiger partial charge in [-0.2, -0.15) is 0 Å². The summed E-state index contributed by atoms with van der Waals surface area (Å²) < 4.78 is 0. The molecule has 0 spiro atoms. The first-order valence-corrected chi connectivity index (χ1v) is 11.1. The molecule has 0 saturated carbocycles. The molecule has 0 saturated heterocycles. The number of hydrogen-bond donors (Lipinski definition) is 2. The molecule has 1 unspecified atom stereocenters. The van der Waals surface area contributed by atoms with E-state index < -0.39 is 11.8 Å². The van der Waals surface area contributed by atoms with Crippen molar-refractivity contribution in [3.8, 4) is 0 Å². The molecule has 2 aromatic carbocycles. The van der Waals surface area contributed by atoms with Gasteiger partial charge < -0.3 is 20.4 Å². The van der Waals surface area contributed by atoms with E-state index in [1.165, 1.54) is 5.56 Å². The summed E-state index contributed by atoms with van der Waals surface area (Å²) in [5.41, 5.74) is 5.98. The van der Waals surface area contributed by atoms with E-state index in [1.54, 1.807) is 0 Å². The molecule has 32 heavy (non-hydrogen) atoms. The van der Waals surface area contributed by atoms with Crippen molar-refractivity contribution in [3.05, 3.63) is 58.7 Å². The standard InChI is InChI=1S/C25H30N4O3/c1-16-6-8-17(9-7-16)21(28(2)3)15-26-24(31)25(32)27-20-13-18-5-4-12-29-22(30)11-10-19(14-20)23(18)29/h6-9,13-14,21H,4-5,10-12,15H2,1-3H3,(H,26,31)(H,27,32). The summed E-state index contributed by atoms with van der Waals surface area (Å²) in [6.07, 6.45) is 2.91. The van der Waals surface area contributed by atoms with Crippen LogP contribution in [0, 0.1) is 6.92 Å². The third-order valence-electron chi connectivity index (χ3n) is 6.28. The van der Waals surface area contributed by atoms with E-state index in [9.17, 15) is 14.4 Å². The molecule has 2 aromatic rings. The summed E-state index contributed by atoms with van der Waals surface area (Å²) >= 11 is 0. The van der Waals surface area contributed by atoms with Crippen LogP contribution in [0.4, 0.5) is 11.4 Å². The van der Waals surface area contributed by atoms with E-state index in [2.05, 4.69) is 10.6 Å². The second kappa shape index (κ2) is 9.12. The summed E-state index contributed by atoms with van der Waals surface area (Å²) in [4.78, 5) is 41.2. The van der Waals surface area contributed by atoms with Gasteiger partial charge in [-0.05, 0) is 69.1 Å². The van der Waals surface area contributed by atoms with Gasteiger partial charge in [-0.25, -0.2) is 0 Å². The third kappa shape index (κ3) is 4.53. The van der Waals surface area contributed by atoms with Crippen molar-refractivity contribution in [2.45, 2.75) is 38.6 Å². The van der Waals surface area contributed by atoms with Gasteiger partial charge in [-0.15, -0.1) is 0 Å². The predicted molar refractivity (Wildman–Crippen MR) is 125 cm³/mol. The van der Waals surface area contributed by atoms with Crippen molar-refractivity contribution in [3.63, 3.8) is 0 Å². The molecule has 168 valence electrons. The van der Waals surface area contributed by atoms with Crippen molar-refractivity contribution in [1.82, 2.24) is 10.2 Å². The van der Waals surface area contributed by atoms with E-state index in [1.807, 2.05) is 67.2 Å². The Hall–Kier alpha value is -3.19. The second-order valence-electron chi connectivity index (χ2n) is 8.85. The Labute approximate surface area is 188 Å². The first-order chi connectivity index (χ1) is 15.3. The molecule has 2 aliphatic heterocycles. The summed E-state index contributed by atoms with van der Waals surface area (Å²) in [6, 6.07) is 11.9. The molecule has 1 atom stereocenters. The first kappa shape index (κ1) is 22.0. The monoisotopic (exact) mass is 434 g/mol.